The maximum atomic E-state index is 12.3. The molecule has 126 valence electrons. The van der Waals surface area contributed by atoms with E-state index in [-0.39, 0.29) is 11.9 Å². The van der Waals surface area contributed by atoms with E-state index in [1.165, 1.54) is 18.1 Å². The third-order valence-electron chi connectivity index (χ3n) is 3.80. The van der Waals surface area contributed by atoms with Crippen LogP contribution < -0.4 is 5.32 Å². The molecule has 7 heteroatoms. The first-order valence-electron chi connectivity index (χ1n) is 7.79. The van der Waals surface area contributed by atoms with Crippen molar-refractivity contribution in [2.75, 3.05) is 5.75 Å². The Morgan fingerprint density at radius 1 is 1.32 bits per heavy atom. The van der Waals surface area contributed by atoms with E-state index in [2.05, 4.69) is 15.3 Å². The molecule has 0 spiro atoms. The van der Waals surface area contributed by atoms with Crippen molar-refractivity contribution in [3.8, 4) is 0 Å². The van der Waals surface area contributed by atoms with E-state index in [1.54, 1.807) is 11.3 Å². The van der Waals surface area contributed by atoms with Gasteiger partial charge in [-0.25, -0.2) is 9.97 Å². The van der Waals surface area contributed by atoms with E-state index < -0.39 is 0 Å². The van der Waals surface area contributed by atoms with Gasteiger partial charge in [-0.1, -0.05) is 30.0 Å². The maximum absolute atomic E-state index is 12.3. The molecule has 3 heterocycles. The van der Waals surface area contributed by atoms with Crippen molar-refractivity contribution in [1.29, 1.82) is 0 Å². The lowest BCUT2D eigenvalue weighted by molar-refractivity contribution is -0.119. The number of carbonyl (C=O) groups excluding carboxylic acids is 1. The Bertz CT molecular complexity index is 1010. The van der Waals surface area contributed by atoms with Gasteiger partial charge in [-0.3, -0.25) is 4.79 Å². The van der Waals surface area contributed by atoms with Crippen molar-refractivity contribution in [3.05, 3.63) is 53.9 Å². The molecule has 0 fully saturated rings. The molecule has 0 bridgehead atoms. The van der Waals surface area contributed by atoms with Crippen LogP contribution in [0.25, 0.3) is 21.2 Å². The number of nitrogens with one attached hydrogen (secondary N) is 1. The molecule has 3 aromatic heterocycles. The highest BCUT2D eigenvalue weighted by Gasteiger charge is 2.15. The van der Waals surface area contributed by atoms with E-state index in [9.17, 15) is 4.79 Å². The van der Waals surface area contributed by atoms with Crippen LogP contribution in [0, 0.1) is 0 Å². The topological polar surface area (TPSA) is 68.0 Å². The van der Waals surface area contributed by atoms with Gasteiger partial charge in [0.1, 0.15) is 22.7 Å². The number of fused-ring (bicyclic) bond motifs is 2. The molecule has 5 nitrogen and oxygen atoms in total. The highest BCUT2D eigenvalue weighted by Crippen LogP contribution is 2.29. The first-order chi connectivity index (χ1) is 12.2. The number of amides is 1. The molecule has 0 aliphatic carbocycles. The fraction of sp³-hybridized carbons (Fsp3) is 0.167. The number of hydrogen-bond donors (Lipinski definition) is 1. The van der Waals surface area contributed by atoms with Gasteiger partial charge in [-0.2, -0.15) is 0 Å². The molecular weight excluding hydrogens is 354 g/mol. The second-order valence-electron chi connectivity index (χ2n) is 5.58. The van der Waals surface area contributed by atoms with E-state index in [4.69, 9.17) is 4.42 Å². The Labute approximate surface area is 152 Å². The molecular formula is C18H15N3O2S2. The number of carbonyl (C=O) groups is 1. The van der Waals surface area contributed by atoms with Gasteiger partial charge in [-0.15, -0.1) is 11.3 Å². The SMILES string of the molecule is CC(NC(=O)CSc1ncnc2ccsc12)c1cc2ccccc2o1. The molecule has 1 unspecified atom stereocenters. The number of benzene rings is 1. The number of para-hydroxylation sites is 1. The molecule has 0 saturated carbocycles. The van der Waals surface area contributed by atoms with Crippen LogP contribution in [0.4, 0.5) is 0 Å². The maximum Gasteiger partial charge on any atom is 0.231 e. The second-order valence-corrected chi connectivity index (χ2v) is 7.46. The van der Waals surface area contributed by atoms with Crippen molar-refractivity contribution >= 4 is 50.2 Å². The van der Waals surface area contributed by atoms with Crippen LogP contribution in [0.1, 0.15) is 18.7 Å². The first-order valence-corrected chi connectivity index (χ1v) is 9.66. The van der Waals surface area contributed by atoms with Crippen molar-refractivity contribution < 1.29 is 9.21 Å². The number of rotatable bonds is 5. The van der Waals surface area contributed by atoms with Crippen LogP contribution >= 0.6 is 23.1 Å². The molecule has 1 atom stereocenters. The minimum absolute atomic E-state index is 0.0544. The number of hydrogen-bond acceptors (Lipinski definition) is 6. The average molecular weight is 369 g/mol. The summed E-state index contributed by atoms with van der Waals surface area (Å²) in [5.41, 5.74) is 1.74. The van der Waals surface area contributed by atoms with Crippen molar-refractivity contribution in [2.24, 2.45) is 0 Å². The number of nitrogens with zero attached hydrogens (tertiary/aromatic N) is 2. The largest absolute Gasteiger partial charge is 0.459 e. The van der Waals surface area contributed by atoms with Crippen LogP contribution in [0.15, 0.2) is 57.5 Å². The molecule has 4 rings (SSSR count). The number of aromatic nitrogens is 2. The van der Waals surface area contributed by atoms with Gasteiger partial charge in [0.15, 0.2) is 0 Å². The molecule has 0 radical (unpaired) electrons. The normalized spacial score (nSPS) is 12.5. The summed E-state index contributed by atoms with van der Waals surface area (Å²) in [7, 11) is 0. The lowest BCUT2D eigenvalue weighted by Gasteiger charge is -2.11. The summed E-state index contributed by atoms with van der Waals surface area (Å²) in [6.07, 6.45) is 1.53. The standard InChI is InChI=1S/C18H15N3O2S2/c1-11(15-8-12-4-2-3-5-14(12)23-15)21-16(22)9-25-18-17-13(6-7-24-17)19-10-20-18/h2-8,10-11H,9H2,1H3,(H,21,22). The molecule has 0 saturated heterocycles. The summed E-state index contributed by atoms with van der Waals surface area (Å²) in [6, 6.07) is 11.5. The summed E-state index contributed by atoms with van der Waals surface area (Å²) in [4.78, 5) is 20.8. The molecule has 0 aliphatic rings. The molecule has 4 aromatic rings. The van der Waals surface area contributed by atoms with Crippen LogP contribution in [-0.2, 0) is 4.79 Å². The first kappa shape index (κ1) is 16.1. The summed E-state index contributed by atoms with van der Waals surface area (Å²) < 4.78 is 6.82. The highest BCUT2D eigenvalue weighted by atomic mass is 32.2. The Morgan fingerprint density at radius 2 is 2.20 bits per heavy atom. The zero-order chi connectivity index (χ0) is 17.2. The van der Waals surface area contributed by atoms with E-state index in [1.807, 2.05) is 48.7 Å². The minimum atomic E-state index is -0.187. The summed E-state index contributed by atoms with van der Waals surface area (Å²) in [6.45, 7) is 1.92. The third-order valence-corrected chi connectivity index (χ3v) is 5.83. The number of thioether (sulfide) groups is 1. The summed E-state index contributed by atoms with van der Waals surface area (Å²) in [5, 5.41) is 6.83. The van der Waals surface area contributed by atoms with Gasteiger partial charge < -0.3 is 9.73 Å². The van der Waals surface area contributed by atoms with Crippen LogP contribution in [0.2, 0.25) is 0 Å². The smallest absolute Gasteiger partial charge is 0.231 e. The summed E-state index contributed by atoms with van der Waals surface area (Å²) >= 11 is 3.01. The van der Waals surface area contributed by atoms with Gasteiger partial charge in [-0.05, 0) is 30.5 Å². The van der Waals surface area contributed by atoms with Gasteiger partial charge in [0, 0.05) is 5.39 Å². The fourth-order valence-electron chi connectivity index (χ4n) is 2.57. The Hall–Kier alpha value is -2.38. The van der Waals surface area contributed by atoms with E-state index in [0.717, 1.165) is 32.0 Å². The quantitative estimate of drug-likeness (QED) is 0.417. The molecule has 1 amide bonds. The lowest BCUT2D eigenvalue weighted by Crippen LogP contribution is -2.27. The van der Waals surface area contributed by atoms with Crippen LogP contribution in [0.5, 0.6) is 0 Å². The van der Waals surface area contributed by atoms with Gasteiger partial charge in [0.2, 0.25) is 5.91 Å². The van der Waals surface area contributed by atoms with Crippen molar-refractivity contribution in [1.82, 2.24) is 15.3 Å². The van der Waals surface area contributed by atoms with Crippen LogP contribution in [-0.4, -0.2) is 21.6 Å². The minimum Gasteiger partial charge on any atom is -0.459 e. The van der Waals surface area contributed by atoms with E-state index in [0.29, 0.717) is 5.75 Å². The molecule has 1 N–H and O–H groups in total. The van der Waals surface area contributed by atoms with Crippen molar-refractivity contribution in [2.45, 2.75) is 18.0 Å². The predicted molar refractivity (Wildman–Crippen MR) is 101 cm³/mol. The van der Waals surface area contributed by atoms with Crippen LogP contribution in [0.3, 0.4) is 0 Å². The zero-order valence-electron chi connectivity index (χ0n) is 13.4. The number of thiophene rings is 1. The van der Waals surface area contributed by atoms with E-state index >= 15 is 0 Å². The average Bonchev–Trinajstić information content (AvgIpc) is 3.26. The van der Waals surface area contributed by atoms with Gasteiger partial charge in [0.05, 0.1) is 22.0 Å². The fourth-order valence-corrected chi connectivity index (χ4v) is 4.33. The second kappa shape index (κ2) is 6.85. The Kier molecular flexibility index (Phi) is 4.42. The number of furan rings is 1. The summed E-state index contributed by atoms with van der Waals surface area (Å²) in [5.74, 6) is 0.998. The van der Waals surface area contributed by atoms with Gasteiger partial charge in [0.25, 0.3) is 0 Å². The highest BCUT2D eigenvalue weighted by molar-refractivity contribution is 8.00. The Balaban J connectivity index is 1.40. The molecule has 25 heavy (non-hydrogen) atoms. The van der Waals surface area contributed by atoms with Gasteiger partial charge >= 0.3 is 0 Å². The molecule has 1 aromatic carbocycles. The Morgan fingerprint density at radius 3 is 3.08 bits per heavy atom. The zero-order valence-corrected chi connectivity index (χ0v) is 15.1. The van der Waals surface area contributed by atoms with Crippen molar-refractivity contribution in [3.63, 3.8) is 0 Å². The molecule has 0 aliphatic heterocycles. The predicted octanol–water partition coefficient (Wildman–Crippen LogP) is 4.41. The monoisotopic (exact) mass is 369 g/mol. The lowest BCUT2D eigenvalue weighted by atomic mass is 10.2. The third kappa shape index (κ3) is 3.38.